The first-order chi connectivity index (χ1) is 8.89. The topological polar surface area (TPSA) is 74.2 Å². The summed E-state index contributed by atoms with van der Waals surface area (Å²) in [5.74, 6) is 0.440. The van der Waals surface area contributed by atoms with Gasteiger partial charge in [0.2, 0.25) is 11.8 Å². The fraction of sp³-hybridized carbons (Fsp3) is 0.636. The van der Waals surface area contributed by atoms with E-state index in [9.17, 15) is 13.2 Å². The maximum absolute atomic E-state index is 12.0. The van der Waals surface area contributed by atoms with Crippen molar-refractivity contribution in [2.75, 3.05) is 6.54 Å². The number of nitrogens with zero attached hydrogens (tertiary/aromatic N) is 2. The Kier molecular flexibility index (Phi) is 3.91. The van der Waals surface area contributed by atoms with Gasteiger partial charge in [-0.2, -0.15) is 0 Å². The van der Waals surface area contributed by atoms with Crippen LogP contribution in [0.15, 0.2) is 11.0 Å². The molecule has 5 nitrogen and oxygen atoms in total. The van der Waals surface area contributed by atoms with Crippen molar-refractivity contribution in [1.82, 2.24) is 10.2 Å². The molecular weight excluding hydrogens is 263 g/mol. The first-order valence-electron chi connectivity index (χ1n) is 5.85. The lowest BCUT2D eigenvalue weighted by atomic mass is 9.82. The zero-order valence-corrected chi connectivity index (χ0v) is 10.1. The number of aromatic nitrogens is 2. The Morgan fingerprint density at radius 2 is 2.11 bits per heavy atom. The van der Waals surface area contributed by atoms with Crippen molar-refractivity contribution >= 4 is 5.57 Å². The Hall–Kier alpha value is -1.41. The van der Waals surface area contributed by atoms with Gasteiger partial charge in [0.15, 0.2) is 0 Å². The van der Waals surface area contributed by atoms with E-state index in [1.54, 1.807) is 0 Å². The monoisotopic (exact) mass is 277 g/mol. The third-order valence-corrected chi connectivity index (χ3v) is 2.93. The lowest BCUT2D eigenvalue weighted by Crippen LogP contribution is -2.34. The Morgan fingerprint density at radius 3 is 2.68 bits per heavy atom. The summed E-state index contributed by atoms with van der Waals surface area (Å²) in [4.78, 5) is 0. The summed E-state index contributed by atoms with van der Waals surface area (Å²) in [5, 5.41) is 7.62. The maximum atomic E-state index is 12.0. The van der Waals surface area contributed by atoms with Gasteiger partial charge in [-0.05, 0) is 25.8 Å². The molecule has 1 aliphatic rings. The Labute approximate surface area is 107 Å². The summed E-state index contributed by atoms with van der Waals surface area (Å²) in [6.45, 7) is 4.16. The van der Waals surface area contributed by atoms with Crippen LogP contribution in [-0.2, 0) is 4.74 Å². The van der Waals surface area contributed by atoms with Crippen molar-refractivity contribution < 1.29 is 22.3 Å². The van der Waals surface area contributed by atoms with E-state index >= 15 is 0 Å². The molecule has 2 N–H and O–H groups in total. The van der Waals surface area contributed by atoms with E-state index in [4.69, 9.17) is 10.2 Å². The van der Waals surface area contributed by atoms with Gasteiger partial charge in [-0.3, -0.25) is 4.74 Å². The average Bonchev–Trinajstić information content (AvgIpc) is 2.70. The van der Waals surface area contributed by atoms with E-state index in [1.807, 2.05) is 0 Å². The maximum Gasteiger partial charge on any atom is 0.522 e. The molecule has 0 saturated heterocycles. The molecule has 19 heavy (non-hydrogen) atoms. The van der Waals surface area contributed by atoms with E-state index in [1.165, 1.54) is 0 Å². The van der Waals surface area contributed by atoms with Gasteiger partial charge in [0.25, 0.3) is 0 Å². The fourth-order valence-corrected chi connectivity index (χ4v) is 1.88. The SMILES string of the molecule is C=C(CCN)c1nnc(C2CC(OC(F)(F)F)C2)o1. The van der Waals surface area contributed by atoms with Gasteiger partial charge in [0.05, 0.1) is 6.10 Å². The third-order valence-electron chi connectivity index (χ3n) is 2.93. The van der Waals surface area contributed by atoms with Crippen LogP contribution in [0.5, 0.6) is 0 Å². The minimum atomic E-state index is -4.59. The molecule has 0 amide bonds. The standard InChI is InChI=1S/C11H14F3N3O2/c1-6(2-3-15)9-16-17-10(18-9)7-4-8(5-7)19-11(12,13)14/h7-8H,1-5,15H2. The van der Waals surface area contributed by atoms with Crippen LogP contribution in [0.3, 0.4) is 0 Å². The van der Waals surface area contributed by atoms with Crippen LogP contribution in [0.1, 0.15) is 37.0 Å². The van der Waals surface area contributed by atoms with E-state index in [-0.39, 0.29) is 18.8 Å². The number of ether oxygens (including phenoxy) is 1. The molecule has 0 bridgehead atoms. The number of rotatable bonds is 5. The first kappa shape index (κ1) is 14.0. The second kappa shape index (κ2) is 5.30. The molecular formula is C11H14F3N3O2. The molecule has 8 heteroatoms. The molecule has 1 fully saturated rings. The van der Waals surface area contributed by atoms with Gasteiger partial charge in [-0.1, -0.05) is 6.58 Å². The first-order valence-corrected chi connectivity index (χ1v) is 5.85. The normalized spacial score (nSPS) is 23.2. The highest BCUT2D eigenvalue weighted by molar-refractivity contribution is 5.54. The summed E-state index contributed by atoms with van der Waals surface area (Å²) in [7, 11) is 0. The predicted molar refractivity (Wildman–Crippen MR) is 59.9 cm³/mol. The van der Waals surface area contributed by atoms with Crippen LogP contribution in [0.2, 0.25) is 0 Å². The lowest BCUT2D eigenvalue weighted by molar-refractivity contribution is -0.352. The average molecular weight is 277 g/mol. The van der Waals surface area contributed by atoms with Crippen molar-refractivity contribution in [3.8, 4) is 0 Å². The lowest BCUT2D eigenvalue weighted by Gasteiger charge is -2.32. The number of alkyl halides is 3. The molecule has 1 aromatic heterocycles. The van der Waals surface area contributed by atoms with Gasteiger partial charge in [-0.25, -0.2) is 0 Å². The van der Waals surface area contributed by atoms with Crippen molar-refractivity contribution in [2.24, 2.45) is 5.73 Å². The summed E-state index contributed by atoms with van der Waals surface area (Å²) >= 11 is 0. The Morgan fingerprint density at radius 1 is 1.42 bits per heavy atom. The Bertz CT molecular complexity index is 452. The summed E-state index contributed by atoms with van der Waals surface area (Å²) in [6, 6.07) is 0. The van der Waals surface area contributed by atoms with E-state index in [2.05, 4.69) is 21.5 Å². The summed E-state index contributed by atoms with van der Waals surface area (Å²) in [5.41, 5.74) is 6.00. The molecule has 0 radical (unpaired) electrons. The number of hydrogen-bond donors (Lipinski definition) is 1. The van der Waals surface area contributed by atoms with Crippen molar-refractivity contribution in [3.05, 3.63) is 18.4 Å². The zero-order chi connectivity index (χ0) is 14.0. The fourth-order valence-electron chi connectivity index (χ4n) is 1.88. The van der Waals surface area contributed by atoms with Crippen molar-refractivity contribution in [2.45, 2.75) is 37.6 Å². The van der Waals surface area contributed by atoms with E-state index < -0.39 is 12.5 Å². The second-order valence-electron chi connectivity index (χ2n) is 4.44. The molecule has 0 aromatic carbocycles. The minimum Gasteiger partial charge on any atom is -0.421 e. The molecule has 0 aliphatic heterocycles. The quantitative estimate of drug-likeness (QED) is 0.893. The molecule has 106 valence electrons. The smallest absolute Gasteiger partial charge is 0.421 e. The molecule has 1 aromatic rings. The van der Waals surface area contributed by atoms with Gasteiger partial charge in [0, 0.05) is 11.5 Å². The highest BCUT2D eigenvalue weighted by Gasteiger charge is 2.42. The van der Waals surface area contributed by atoms with Crippen molar-refractivity contribution in [1.29, 1.82) is 0 Å². The molecule has 0 spiro atoms. The molecule has 1 aliphatic carbocycles. The van der Waals surface area contributed by atoms with Gasteiger partial charge < -0.3 is 10.2 Å². The molecule has 1 heterocycles. The van der Waals surface area contributed by atoms with Crippen LogP contribution in [0.4, 0.5) is 13.2 Å². The van der Waals surface area contributed by atoms with Gasteiger partial charge in [-0.15, -0.1) is 23.4 Å². The molecule has 0 atom stereocenters. The van der Waals surface area contributed by atoms with Crippen LogP contribution in [0, 0.1) is 0 Å². The minimum absolute atomic E-state index is 0.181. The zero-order valence-electron chi connectivity index (χ0n) is 10.1. The number of halogens is 3. The van der Waals surface area contributed by atoms with Crippen LogP contribution in [0.25, 0.3) is 5.57 Å². The highest BCUT2D eigenvalue weighted by atomic mass is 19.4. The third kappa shape index (κ3) is 3.54. The summed E-state index contributed by atoms with van der Waals surface area (Å²) in [6.07, 6.45) is -4.43. The predicted octanol–water partition coefficient (Wildman–Crippen LogP) is 2.21. The van der Waals surface area contributed by atoms with Crippen LogP contribution < -0.4 is 5.73 Å². The number of nitrogens with two attached hydrogens (primary N) is 1. The molecule has 0 unspecified atom stereocenters. The molecule has 1 saturated carbocycles. The van der Waals surface area contributed by atoms with Gasteiger partial charge >= 0.3 is 6.36 Å². The largest absolute Gasteiger partial charge is 0.522 e. The van der Waals surface area contributed by atoms with Crippen LogP contribution in [-0.4, -0.2) is 29.2 Å². The van der Waals surface area contributed by atoms with Gasteiger partial charge in [0.1, 0.15) is 0 Å². The molecule has 2 rings (SSSR count). The highest BCUT2D eigenvalue weighted by Crippen LogP contribution is 2.40. The van der Waals surface area contributed by atoms with E-state index in [0.717, 1.165) is 0 Å². The number of hydrogen-bond acceptors (Lipinski definition) is 5. The van der Waals surface area contributed by atoms with Crippen LogP contribution >= 0.6 is 0 Å². The Balaban J connectivity index is 1.87. The second-order valence-corrected chi connectivity index (χ2v) is 4.44. The van der Waals surface area contributed by atoms with Crippen molar-refractivity contribution in [3.63, 3.8) is 0 Å². The van der Waals surface area contributed by atoms with E-state index in [0.29, 0.717) is 30.3 Å². The summed E-state index contributed by atoms with van der Waals surface area (Å²) < 4.78 is 45.1.